The van der Waals surface area contributed by atoms with E-state index in [-0.39, 0.29) is 12.0 Å². The molecule has 1 aliphatic rings. The van der Waals surface area contributed by atoms with E-state index in [0.717, 1.165) is 6.07 Å². The molecule has 9 nitrogen and oxygen atoms in total. The molecular formula is C16H15F2NO8. The zero-order valence-electron chi connectivity index (χ0n) is 13.6. The maximum absolute atomic E-state index is 13.8. The Kier molecular flexibility index (Phi) is 5.11. The summed E-state index contributed by atoms with van der Waals surface area (Å²) in [5.41, 5.74) is -2.60. The summed E-state index contributed by atoms with van der Waals surface area (Å²) in [6.07, 6.45) is -4.00. The average Bonchev–Trinajstić information content (AvgIpc) is 2.64. The first-order valence-electron chi connectivity index (χ1n) is 7.78. The monoisotopic (exact) mass is 387 g/mol. The second-order valence-electron chi connectivity index (χ2n) is 6.00. The van der Waals surface area contributed by atoms with Gasteiger partial charge >= 0.3 is 5.63 Å². The SMILES string of the molecule is O=C(N[C@H]1COC(CO)C(O)C1O)c1cc2cc(F)c(O)c(F)c2oc1=O. The van der Waals surface area contributed by atoms with Crippen molar-refractivity contribution in [1.29, 1.82) is 0 Å². The van der Waals surface area contributed by atoms with Gasteiger partial charge in [-0.2, -0.15) is 4.39 Å². The highest BCUT2D eigenvalue weighted by atomic mass is 19.1. The van der Waals surface area contributed by atoms with Crippen LogP contribution >= 0.6 is 0 Å². The summed E-state index contributed by atoms with van der Waals surface area (Å²) >= 11 is 0. The Bertz CT molecular complexity index is 946. The lowest BCUT2D eigenvalue weighted by Gasteiger charge is -2.37. The number of carbonyl (C=O) groups excluding carboxylic acids is 1. The highest BCUT2D eigenvalue weighted by molar-refractivity contribution is 5.97. The van der Waals surface area contributed by atoms with E-state index in [1.807, 2.05) is 0 Å². The lowest BCUT2D eigenvalue weighted by molar-refractivity contribution is -0.159. The molecule has 0 aliphatic carbocycles. The van der Waals surface area contributed by atoms with Crippen LogP contribution in [-0.2, 0) is 4.74 Å². The summed E-state index contributed by atoms with van der Waals surface area (Å²) in [5, 5.41) is 40.0. The zero-order valence-corrected chi connectivity index (χ0v) is 13.6. The van der Waals surface area contributed by atoms with Gasteiger partial charge in [-0.3, -0.25) is 4.79 Å². The summed E-state index contributed by atoms with van der Waals surface area (Å²) in [7, 11) is 0. The molecule has 27 heavy (non-hydrogen) atoms. The maximum Gasteiger partial charge on any atom is 0.349 e. The molecule has 1 aromatic heterocycles. The lowest BCUT2D eigenvalue weighted by atomic mass is 9.98. The normalized spacial score (nSPS) is 25.5. The van der Waals surface area contributed by atoms with Gasteiger partial charge in [0.15, 0.2) is 17.1 Å². The molecule has 1 saturated heterocycles. The fourth-order valence-electron chi connectivity index (χ4n) is 2.76. The molecular weight excluding hydrogens is 372 g/mol. The van der Waals surface area contributed by atoms with Crippen molar-refractivity contribution in [2.24, 2.45) is 0 Å². The third-order valence-corrected chi connectivity index (χ3v) is 4.27. The van der Waals surface area contributed by atoms with Gasteiger partial charge in [-0.15, -0.1) is 0 Å². The van der Waals surface area contributed by atoms with Crippen LogP contribution in [0.2, 0.25) is 0 Å². The Labute approximate surface area is 149 Å². The van der Waals surface area contributed by atoms with Gasteiger partial charge in [-0.25, -0.2) is 9.18 Å². The summed E-state index contributed by atoms with van der Waals surface area (Å²) in [6, 6.07) is 0.436. The fourth-order valence-corrected chi connectivity index (χ4v) is 2.76. The van der Waals surface area contributed by atoms with Crippen LogP contribution in [0.3, 0.4) is 0 Å². The van der Waals surface area contributed by atoms with Crippen LogP contribution in [0.25, 0.3) is 11.0 Å². The van der Waals surface area contributed by atoms with E-state index in [1.165, 1.54) is 0 Å². The zero-order chi connectivity index (χ0) is 19.9. The van der Waals surface area contributed by atoms with Crippen molar-refractivity contribution in [3.8, 4) is 5.75 Å². The van der Waals surface area contributed by atoms with Gasteiger partial charge in [0.05, 0.1) is 19.3 Å². The van der Waals surface area contributed by atoms with Gasteiger partial charge in [0, 0.05) is 5.39 Å². The molecule has 3 rings (SSSR count). The molecule has 1 amide bonds. The van der Waals surface area contributed by atoms with Crippen LogP contribution in [0.5, 0.6) is 5.75 Å². The number of carbonyl (C=O) groups is 1. The first-order valence-corrected chi connectivity index (χ1v) is 7.78. The van der Waals surface area contributed by atoms with E-state index < -0.39 is 71.0 Å². The van der Waals surface area contributed by atoms with Crippen LogP contribution in [-0.4, -0.2) is 63.9 Å². The smallest absolute Gasteiger partial charge is 0.349 e. The number of fused-ring (bicyclic) bond motifs is 1. The van der Waals surface area contributed by atoms with Crippen molar-refractivity contribution in [1.82, 2.24) is 5.32 Å². The van der Waals surface area contributed by atoms with Crippen LogP contribution in [0.1, 0.15) is 10.4 Å². The summed E-state index contributed by atoms with van der Waals surface area (Å²) in [4.78, 5) is 24.3. The molecule has 2 heterocycles. The van der Waals surface area contributed by atoms with Crippen molar-refractivity contribution in [3.05, 3.63) is 39.8 Å². The number of hydrogen-bond acceptors (Lipinski definition) is 8. The molecule has 3 unspecified atom stereocenters. The Hall–Kier alpha value is -2.60. The van der Waals surface area contributed by atoms with Crippen molar-refractivity contribution in [2.75, 3.05) is 13.2 Å². The number of hydrogen-bond donors (Lipinski definition) is 5. The second kappa shape index (κ2) is 7.19. The minimum absolute atomic E-state index is 0.259. The van der Waals surface area contributed by atoms with Crippen LogP contribution < -0.4 is 10.9 Å². The van der Waals surface area contributed by atoms with Gasteiger partial charge < -0.3 is 34.9 Å². The molecule has 11 heteroatoms. The highest BCUT2D eigenvalue weighted by Gasteiger charge is 2.39. The number of halogens is 2. The van der Waals surface area contributed by atoms with E-state index in [9.17, 15) is 33.7 Å². The average molecular weight is 387 g/mol. The van der Waals surface area contributed by atoms with Gasteiger partial charge in [-0.1, -0.05) is 0 Å². The minimum atomic E-state index is -1.49. The molecule has 0 bridgehead atoms. The number of nitrogens with one attached hydrogen (secondary N) is 1. The third-order valence-electron chi connectivity index (χ3n) is 4.27. The molecule has 2 aromatic rings. The summed E-state index contributed by atoms with van der Waals surface area (Å²) < 4.78 is 37.0. The Morgan fingerprint density at radius 3 is 2.63 bits per heavy atom. The largest absolute Gasteiger partial charge is 0.503 e. The van der Waals surface area contributed by atoms with E-state index in [4.69, 9.17) is 9.84 Å². The molecule has 5 N–H and O–H groups in total. The van der Waals surface area contributed by atoms with Crippen LogP contribution in [0, 0.1) is 11.6 Å². The standard InChI is InChI=1S/C16H15F2NO8/c17-7-2-5-1-6(16(25)27-14(5)10(18)11(7)21)15(24)19-8-4-26-9(3-20)13(23)12(8)22/h1-2,8-9,12-13,20-23H,3-4H2,(H,19,24)/t8-,9?,12?,13?/m0/s1. The number of ether oxygens (including phenoxy) is 1. The number of phenols is 1. The number of amides is 1. The minimum Gasteiger partial charge on any atom is -0.503 e. The number of benzene rings is 1. The predicted molar refractivity (Wildman–Crippen MR) is 84.2 cm³/mol. The molecule has 1 fully saturated rings. The molecule has 4 atom stereocenters. The van der Waals surface area contributed by atoms with E-state index in [1.54, 1.807) is 0 Å². The maximum atomic E-state index is 13.8. The Balaban J connectivity index is 1.89. The van der Waals surface area contributed by atoms with Crippen molar-refractivity contribution >= 4 is 16.9 Å². The molecule has 1 aromatic carbocycles. The van der Waals surface area contributed by atoms with Crippen molar-refractivity contribution in [2.45, 2.75) is 24.4 Å². The lowest BCUT2D eigenvalue weighted by Crippen LogP contribution is -2.60. The van der Waals surface area contributed by atoms with Crippen LogP contribution in [0.4, 0.5) is 8.78 Å². The first kappa shape index (κ1) is 19.2. The van der Waals surface area contributed by atoms with Gasteiger partial charge in [0.25, 0.3) is 5.91 Å². The number of rotatable bonds is 3. The number of aliphatic hydroxyl groups is 3. The first-order chi connectivity index (χ1) is 12.7. The Morgan fingerprint density at radius 2 is 1.96 bits per heavy atom. The quantitative estimate of drug-likeness (QED) is 0.421. The van der Waals surface area contributed by atoms with E-state index >= 15 is 0 Å². The number of phenolic OH excluding ortho intramolecular Hbond substituents is 1. The number of aliphatic hydroxyl groups excluding tert-OH is 3. The topological polar surface area (TPSA) is 149 Å². The van der Waals surface area contributed by atoms with Crippen molar-refractivity contribution < 1.29 is 43.2 Å². The van der Waals surface area contributed by atoms with Gasteiger partial charge in [-0.05, 0) is 12.1 Å². The van der Waals surface area contributed by atoms with E-state index in [0.29, 0.717) is 6.07 Å². The molecule has 1 aliphatic heterocycles. The molecule has 0 radical (unpaired) electrons. The number of aromatic hydroxyl groups is 1. The fraction of sp³-hybridized carbons (Fsp3) is 0.375. The highest BCUT2D eigenvalue weighted by Crippen LogP contribution is 2.28. The Morgan fingerprint density at radius 1 is 1.26 bits per heavy atom. The van der Waals surface area contributed by atoms with Gasteiger partial charge in [0.1, 0.15) is 23.9 Å². The molecule has 146 valence electrons. The van der Waals surface area contributed by atoms with Crippen molar-refractivity contribution in [3.63, 3.8) is 0 Å². The second-order valence-corrected chi connectivity index (χ2v) is 6.00. The third kappa shape index (κ3) is 3.37. The molecule has 0 spiro atoms. The van der Waals surface area contributed by atoms with Crippen LogP contribution in [0.15, 0.2) is 21.3 Å². The summed E-state index contributed by atoms with van der Waals surface area (Å²) in [6.45, 7) is -0.803. The van der Waals surface area contributed by atoms with E-state index in [2.05, 4.69) is 9.73 Å². The van der Waals surface area contributed by atoms with Gasteiger partial charge in [0.2, 0.25) is 5.82 Å². The summed E-state index contributed by atoms with van der Waals surface area (Å²) in [5.74, 6) is -5.16. The molecule has 0 saturated carbocycles. The predicted octanol–water partition coefficient (Wildman–Crippen LogP) is -1.01.